The van der Waals surface area contributed by atoms with Crippen molar-refractivity contribution in [2.24, 2.45) is 0 Å². The maximum atomic E-state index is 10.2. The Morgan fingerprint density at radius 2 is 1.52 bits per heavy atom. The molecule has 3 heteroatoms. The van der Waals surface area contributed by atoms with Crippen LogP contribution in [0, 0.1) is 0 Å². The normalized spacial score (nSPS) is 12.3. The molecule has 1 unspecified atom stereocenters. The average Bonchev–Trinajstić information content (AvgIpc) is 2.67. The molecule has 0 saturated heterocycles. The molecule has 0 radical (unpaired) electrons. The smallest absolute Gasteiger partial charge is 0.128 e. The molecule has 0 aliphatic heterocycles. The highest BCUT2D eigenvalue weighted by molar-refractivity contribution is 5.66. The van der Waals surface area contributed by atoms with Crippen LogP contribution in [-0.2, 0) is 6.42 Å². The molecule has 0 bridgehead atoms. The van der Waals surface area contributed by atoms with Gasteiger partial charge in [-0.15, -0.1) is 0 Å². The van der Waals surface area contributed by atoms with E-state index in [9.17, 15) is 5.11 Å². The molecule has 2 rings (SSSR count). The second kappa shape index (κ2) is 11.0. The van der Waals surface area contributed by atoms with E-state index >= 15 is 0 Å². The Labute approximate surface area is 152 Å². The molecule has 0 amide bonds. The summed E-state index contributed by atoms with van der Waals surface area (Å²) in [4.78, 5) is 9.07. The molecule has 1 aromatic carbocycles. The van der Waals surface area contributed by atoms with Gasteiger partial charge in [0, 0.05) is 24.4 Å². The third kappa shape index (κ3) is 6.24. The lowest BCUT2D eigenvalue weighted by atomic mass is 9.97. The quantitative estimate of drug-likeness (QED) is 0.519. The predicted molar refractivity (Wildman–Crippen MR) is 104 cm³/mol. The van der Waals surface area contributed by atoms with E-state index in [2.05, 4.69) is 16.9 Å². The zero-order valence-electron chi connectivity index (χ0n) is 15.7. The standard InChI is InChI=1S/C22H32N2O/c1-3-5-6-7-8-9-10-15-22-23-16-18(17-24-22)19-13-11-12-14-20(19)21(25)4-2/h11-14,16-17,21,25H,3-10,15H2,1-2H3. The first kappa shape index (κ1) is 19.6. The van der Waals surface area contributed by atoms with Crippen LogP contribution in [0.3, 0.4) is 0 Å². The van der Waals surface area contributed by atoms with Crippen LogP contribution in [0.25, 0.3) is 11.1 Å². The van der Waals surface area contributed by atoms with E-state index in [4.69, 9.17) is 0 Å². The van der Waals surface area contributed by atoms with Crippen molar-refractivity contribution in [2.45, 2.75) is 77.7 Å². The fourth-order valence-electron chi connectivity index (χ4n) is 3.13. The van der Waals surface area contributed by atoms with Crippen molar-refractivity contribution in [2.75, 3.05) is 0 Å². The third-order valence-corrected chi connectivity index (χ3v) is 4.73. The van der Waals surface area contributed by atoms with Gasteiger partial charge in [-0.05, 0) is 24.0 Å². The van der Waals surface area contributed by atoms with Crippen LogP contribution in [0.15, 0.2) is 36.7 Å². The lowest BCUT2D eigenvalue weighted by molar-refractivity contribution is 0.174. The SMILES string of the molecule is CCCCCCCCCc1ncc(-c2ccccc2C(O)CC)cn1. The van der Waals surface area contributed by atoms with E-state index in [0.29, 0.717) is 6.42 Å². The van der Waals surface area contributed by atoms with Gasteiger partial charge in [-0.2, -0.15) is 0 Å². The number of rotatable bonds is 11. The molecule has 3 nitrogen and oxygen atoms in total. The first-order valence-corrected chi connectivity index (χ1v) is 9.84. The molecule has 136 valence electrons. The van der Waals surface area contributed by atoms with Crippen LogP contribution < -0.4 is 0 Å². The van der Waals surface area contributed by atoms with Crippen molar-refractivity contribution in [3.05, 3.63) is 48.0 Å². The van der Waals surface area contributed by atoms with Crippen LogP contribution in [-0.4, -0.2) is 15.1 Å². The second-order valence-corrected chi connectivity index (χ2v) is 6.77. The number of aryl methyl sites for hydroxylation is 1. The summed E-state index contributed by atoms with van der Waals surface area (Å²) in [5.41, 5.74) is 2.96. The van der Waals surface area contributed by atoms with E-state index in [-0.39, 0.29) is 0 Å². The van der Waals surface area contributed by atoms with Crippen molar-refractivity contribution in [1.29, 1.82) is 0 Å². The Bertz CT molecular complexity index is 610. The highest BCUT2D eigenvalue weighted by Crippen LogP contribution is 2.28. The minimum atomic E-state index is -0.441. The van der Waals surface area contributed by atoms with Gasteiger partial charge in [0.05, 0.1) is 6.10 Å². The van der Waals surface area contributed by atoms with Crippen LogP contribution in [0.2, 0.25) is 0 Å². The van der Waals surface area contributed by atoms with Gasteiger partial charge in [0.1, 0.15) is 5.82 Å². The topological polar surface area (TPSA) is 46.0 Å². The van der Waals surface area contributed by atoms with Crippen LogP contribution in [0.4, 0.5) is 0 Å². The van der Waals surface area contributed by atoms with Crippen molar-refractivity contribution in [1.82, 2.24) is 9.97 Å². The molecular formula is C22H32N2O. The third-order valence-electron chi connectivity index (χ3n) is 4.73. The van der Waals surface area contributed by atoms with E-state index < -0.39 is 6.10 Å². The highest BCUT2D eigenvalue weighted by Gasteiger charge is 2.12. The average molecular weight is 341 g/mol. The Morgan fingerprint density at radius 1 is 0.880 bits per heavy atom. The van der Waals surface area contributed by atoms with Crippen molar-refractivity contribution in [3.8, 4) is 11.1 Å². The number of benzene rings is 1. The molecule has 2 aromatic rings. The second-order valence-electron chi connectivity index (χ2n) is 6.77. The Hall–Kier alpha value is -1.74. The maximum absolute atomic E-state index is 10.2. The summed E-state index contributed by atoms with van der Waals surface area (Å²) >= 11 is 0. The molecule has 1 heterocycles. The van der Waals surface area contributed by atoms with Gasteiger partial charge < -0.3 is 5.11 Å². The fourth-order valence-corrected chi connectivity index (χ4v) is 3.13. The molecule has 0 aliphatic rings. The number of aliphatic hydroxyl groups excluding tert-OH is 1. The summed E-state index contributed by atoms with van der Waals surface area (Å²) in [7, 11) is 0. The fraction of sp³-hybridized carbons (Fsp3) is 0.545. The Balaban J connectivity index is 1.88. The van der Waals surface area contributed by atoms with Gasteiger partial charge in [-0.1, -0.05) is 76.6 Å². The number of nitrogens with zero attached hydrogens (tertiary/aromatic N) is 2. The van der Waals surface area contributed by atoms with E-state index in [1.807, 2.05) is 43.6 Å². The largest absolute Gasteiger partial charge is 0.388 e. The van der Waals surface area contributed by atoms with Crippen LogP contribution >= 0.6 is 0 Å². The molecule has 1 atom stereocenters. The van der Waals surface area contributed by atoms with E-state index in [1.165, 1.54) is 38.5 Å². The summed E-state index contributed by atoms with van der Waals surface area (Å²) < 4.78 is 0. The highest BCUT2D eigenvalue weighted by atomic mass is 16.3. The lowest BCUT2D eigenvalue weighted by Crippen LogP contribution is -2.00. The maximum Gasteiger partial charge on any atom is 0.128 e. The Morgan fingerprint density at radius 3 is 2.20 bits per heavy atom. The zero-order valence-corrected chi connectivity index (χ0v) is 15.7. The molecular weight excluding hydrogens is 308 g/mol. The van der Waals surface area contributed by atoms with Crippen LogP contribution in [0.1, 0.15) is 82.7 Å². The first-order chi connectivity index (χ1) is 12.3. The molecule has 0 saturated carbocycles. The molecule has 25 heavy (non-hydrogen) atoms. The van der Waals surface area contributed by atoms with E-state index in [1.54, 1.807) is 0 Å². The molecule has 1 N–H and O–H groups in total. The number of unbranched alkanes of at least 4 members (excludes halogenated alkanes) is 6. The monoisotopic (exact) mass is 340 g/mol. The zero-order chi connectivity index (χ0) is 17.9. The minimum absolute atomic E-state index is 0.441. The summed E-state index contributed by atoms with van der Waals surface area (Å²) in [5, 5.41) is 10.2. The number of aliphatic hydroxyl groups is 1. The number of hydrogen-bond acceptors (Lipinski definition) is 3. The van der Waals surface area contributed by atoms with Gasteiger partial charge >= 0.3 is 0 Å². The molecule has 0 spiro atoms. The lowest BCUT2D eigenvalue weighted by Gasteiger charge is -2.14. The predicted octanol–water partition coefficient (Wildman–Crippen LogP) is 5.88. The first-order valence-electron chi connectivity index (χ1n) is 9.84. The Kier molecular flexibility index (Phi) is 8.61. The minimum Gasteiger partial charge on any atom is -0.388 e. The number of hydrogen-bond donors (Lipinski definition) is 1. The van der Waals surface area contributed by atoms with Gasteiger partial charge in [-0.25, -0.2) is 9.97 Å². The summed E-state index contributed by atoms with van der Waals surface area (Å²) in [5.74, 6) is 0.922. The van der Waals surface area contributed by atoms with Crippen molar-refractivity contribution < 1.29 is 5.11 Å². The van der Waals surface area contributed by atoms with Gasteiger partial charge in [0.15, 0.2) is 0 Å². The number of aromatic nitrogens is 2. The van der Waals surface area contributed by atoms with Crippen molar-refractivity contribution >= 4 is 0 Å². The molecule has 0 aliphatic carbocycles. The molecule has 1 aromatic heterocycles. The summed E-state index contributed by atoms with van der Waals surface area (Å²) in [6.07, 6.45) is 14.1. The van der Waals surface area contributed by atoms with Gasteiger partial charge in [0.2, 0.25) is 0 Å². The van der Waals surface area contributed by atoms with E-state index in [0.717, 1.165) is 35.4 Å². The van der Waals surface area contributed by atoms with Gasteiger partial charge in [-0.3, -0.25) is 0 Å². The van der Waals surface area contributed by atoms with Gasteiger partial charge in [0.25, 0.3) is 0 Å². The van der Waals surface area contributed by atoms with Crippen LogP contribution in [0.5, 0.6) is 0 Å². The molecule has 0 fully saturated rings. The van der Waals surface area contributed by atoms with Crippen molar-refractivity contribution in [3.63, 3.8) is 0 Å². The summed E-state index contributed by atoms with van der Waals surface area (Å²) in [6.45, 7) is 4.24. The summed E-state index contributed by atoms with van der Waals surface area (Å²) in [6, 6.07) is 7.97.